The topological polar surface area (TPSA) is 23.9 Å². The standard InChI is InChI=1S/C19H13N/c20-19-17-10-5-4-9-15(17)16-12-6-11-14(18(16)19)13-7-2-1-3-8-13/h1-12,20H. The van der Waals surface area contributed by atoms with Gasteiger partial charge in [0, 0.05) is 11.1 Å². The maximum absolute atomic E-state index is 8.50. The molecule has 1 nitrogen and oxygen atoms in total. The van der Waals surface area contributed by atoms with Crippen LogP contribution in [0.1, 0.15) is 11.1 Å². The molecule has 94 valence electrons. The zero-order chi connectivity index (χ0) is 13.5. The van der Waals surface area contributed by atoms with Gasteiger partial charge < -0.3 is 0 Å². The number of fused-ring (bicyclic) bond motifs is 3. The van der Waals surface area contributed by atoms with Crippen LogP contribution < -0.4 is 0 Å². The Morgan fingerprint density at radius 1 is 0.500 bits per heavy atom. The van der Waals surface area contributed by atoms with Crippen LogP contribution in [0.4, 0.5) is 0 Å². The second kappa shape index (κ2) is 4.17. The molecule has 0 heterocycles. The van der Waals surface area contributed by atoms with Crippen molar-refractivity contribution in [2.75, 3.05) is 0 Å². The summed E-state index contributed by atoms with van der Waals surface area (Å²) in [4.78, 5) is 0. The highest BCUT2D eigenvalue weighted by Crippen LogP contribution is 2.41. The van der Waals surface area contributed by atoms with Crippen molar-refractivity contribution in [1.82, 2.24) is 0 Å². The van der Waals surface area contributed by atoms with E-state index < -0.39 is 0 Å². The maximum atomic E-state index is 8.50. The molecule has 1 aliphatic carbocycles. The number of hydrogen-bond donors (Lipinski definition) is 1. The quantitative estimate of drug-likeness (QED) is 0.507. The molecule has 3 aromatic rings. The SMILES string of the molecule is N=C1c2ccccc2-c2cccc(-c3ccccc3)c21. The van der Waals surface area contributed by atoms with Gasteiger partial charge in [-0.1, -0.05) is 72.8 Å². The fourth-order valence-corrected chi connectivity index (χ4v) is 2.98. The van der Waals surface area contributed by atoms with E-state index in [-0.39, 0.29) is 0 Å². The molecular weight excluding hydrogens is 242 g/mol. The van der Waals surface area contributed by atoms with Gasteiger partial charge in [-0.05, 0) is 22.3 Å². The number of rotatable bonds is 1. The lowest BCUT2D eigenvalue weighted by Gasteiger charge is -2.08. The molecule has 0 atom stereocenters. The fourth-order valence-electron chi connectivity index (χ4n) is 2.98. The van der Waals surface area contributed by atoms with Gasteiger partial charge in [0.25, 0.3) is 0 Å². The van der Waals surface area contributed by atoms with Crippen LogP contribution in [0.3, 0.4) is 0 Å². The van der Waals surface area contributed by atoms with Crippen LogP contribution >= 0.6 is 0 Å². The van der Waals surface area contributed by atoms with Gasteiger partial charge in [-0.2, -0.15) is 0 Å². The van der Waals surface area contributed by atoms with Crippen molar-refractivity contribution >= 4 is 5.71 Å². The highest BCUT2D eigenvalue weighted by molar-refractivity contribution is 6.25. The largest absolute Gasteiger partial charge is 0.300 e. The second-order valence-electron chi connectivity index (χ2n) is 5.01. The lowest BCUT2D eigenvalue weighted by Crippen LogP contribution is -1.97. The molecule has 0 saturated heterocycles. The summed E-state index contributed by atoms with van der Waals surface area (Å²) in [6.07, 6.45) is 0. The number of nitrogens with one attached hydrogen (secondary N) is 1. The molecule has 0 unspecified atom stereocenters. The first-order valence-electron chi connectivity index (χ1n) is 6.73. The predicted molar refractivity (Wildman–Crippen MR) is 83.2 cm³/mol. The first kappa shape index (κ1) is 11.2. The van der Waals surface area contributed by atoms with Gasteiger partial charge in [0.1, 0.15) is 0 Å². The van der Waals surface area contributed by atoms with E-state index in [1.807, 2.05) is 36.4 Å². The summed E-state index contributed by atoms with van der Waals surface area (Å²) >= 11 is 0. The third-order valence-corrected chi connectivity index (χ3v) is 3.89. The summed E-state index contributed by atoms with van der Waals surface area (Å²) in [7, 11) is 0. The van der Waals surface area contributed by atoms with Crippen LogP contribution in [0, 0.1) is 5.41 Å². The normalized spacial score (nSPS) is 12.1. The lowest BCUT2D eigenvalue weighted by molar-refractivity contribution is 1.49. The smallest absolute Gasteiger partial charge is 0.0703 e. The minimum atomic E-state index is 0.634. The van der Waals surface area contributed by atoms with Crippen LogP contribution in [0.15, 0.2) is 72.8 Å². The molecule has 0 amide bonds. The zero-order valence-corrected chi connectivity index (χ0v) is 10.9. The van der Waals surface area contributed by atoms with Crippen LogP contribution in [0.5, 0.6) is 0 Å². The van der Waals surface area contributed by atoms with Gasteiger partial charge in [0.05, 0.1) is 5.71 Å². The van der Waals surface area contributed by atoms with E-state index in [0.717, 1.165) is 16.7 Å². The molecule has 1 heteroatoms. The van der Waals surface area contributed by atoms with E-state index in [2.05, 4.69) is 36.4 Å². The first-order chi connectivity index (χ1) is 9.86. The van der Waals surface area contributed by atoms with Crippen molar-refractivity contribution in [2.45, 2.75) is 0 Å². The van der Waals surface area contributed by atoms with E-state index in [4.69, 9.17) is 5.41 Å². The highest BCUT2D eigenvalue weighted by atomic mass is 14.5. The van der Waals surface area contributed by atoms with Crippen molar-refractivity contribution in [3.05, 3.63) is 83.9 Å². The zero-order valence-electron chi connectivity index (χ0n) is 10.9. The Hall–Kier alpha value is -2.67. The summed E-state index contributed by atoms with van der Waals surface area (Å²) in [6, 6.07) is 24.8. The average Bonchev–Trinajstić information content (AvgIpc) is 2.82. The monoisotopic (exact) mass is 255 g/mol. The molecule has 1 aliphatic rings. The Labute approximate surface area is 118 Å². The Morgan fingerprint density at radius 3 is 1.90 bits per heavy atom. The average molecular weight is 255 g/mol. The Kier molecular flexibility index (Phi) is 2.33. The molecule has 3 aromatic carbocycles. The van der Waals surface area contributed by atoms with Crippen LogP contribution in [-0.4, -0.2) is 5.71 Å². The minimum Gasteiger partial charge on any atom is -0.300 e. The Morgan fingerprint density at radius 2 is 1.10 bits per heavy atom. The van der Waals surface area contributed by atoms with E-state index in [1.165, 1.54) is 16.7 Å². The number of hydrogen-bond acceptors (Lipinski definition) is 1. The molecule has 20 heavy (non-hydrogen) atoms. The molecule has 0 aromatic heterocycles. The minimum absolute atomic E-state index is 0.634. The number of benzene rings is 3. The van der Waals surface area contributed by atoms with E-state index >= 15 is 0 Å². The van der Waals surface area contributed by atoms with E-state index in [9.17, 15) is 0 Å². The van der Waals surface area contributed by atoms with Gasteiger partial charge in [0.2, 0.25) is 0 Å². The van der Waals surface area contributed by atoms with Crippen molar-refractivity contribution in [3.8, 4) is 22.3 Å². The summed E-state index contributed by atoms with van der Waals surface area (Å²) in [5.74, 6) is 0. The molecule has 0 saturated carbocycles. The molecule has 0 radical (unpaired) electrons. The van der Waals surface area contributed by atoms with Crippen molar-refractivity contribution in [3.63, 3.8) is 0 Å². The summed E-state index contributed by atoms with van der Waals surface area (Å²) < 4.78 is 0. The van der Waals surface area contributed by atoms with Gasteiger partial charge in [-0.15, -0.1) is 0 Å². The van der Waals surface area contributed by atoms with E-state index in [1.54, 1.807) is 0 Å². The maximum Gasteiger partial charge on any atom is 0.0703 e. The second-order valence-corrected chi connectivity index (χ2v) is 5.01. The van der Waals surface area contributed by atoms with Crippen molar-refractivity contribution in [1.29, 1.82) is 5.41 Å². The van der Waals surface area contributed by atoms with Crippen LogP contribution in [-0.2, 0) is 0 Å². The molecule has 0 spiro atoms. The first-order valence-corrected chi connectivity index (χ1v) is 6.73. The highest BCUT2D eigenvalue weighted by Gasteiger charge is 2.25. The van der Waals surface area contributed by atoms with Gasteiger partial charge in [-0.3, -0.25) is 5.41 Å². The summed E-state index contributed by atoms with van der Waals surface area (Å²) in [5.41, 5.74) is 7.38. The summed E-state index contributed by atoms with van der Waals surface area (Å²) in [6.45, 7) is 0. The molecule has 1 N–H and O–H groups in total. The fraction of sp³-hybridized carbons (Fsp3) is 0. The summed E-state index contributed by atoms with van der Waals surface area (Å²) in [5, 5.41) is 8.50. The Bertz CT molecular complexity index is 816. The third kappa shape index (κ3) is 1.47. The molecule has 4 rings (SSSR count). The molecule has 0 aliphatic heterocycles. The Balaban J connectivity index is 2.03. The predicted octanol–water partition coefficient (Wildman–Crippen LogP) is 4.75. The van der Waals surface area contributed by atoms with Crippen LogP contribution in [0.25, 0.3) is 22.3 Å². The van der Waals surface area contributed by atoms with Crippen molar-refractivity contribution < 1.29 is 0 Å². The van der Waals surface area contributed by atoms with E-state index in [0.29, 0.717) is 5.71 Å². The molecular formula is C19H13N. The molecule has 0 fully saturated rings. The molecule has 0 bridgehead atoms. The van der Waals surface area contributed by atoms with Crippen LogP contribution in [0.2, 0.25) is 0 Å². The third-order valence-electron chi connectivity index (χ3n) is 3.89. The lowest BCUT2D eigenvalue weighted by atomic mass is 9.95. The van der Waals surface area contributed by atoms with Gasteiger partial charge >= 0.3 is 0 Å². The van der Waals surface area contributed by atoms with Gasteiger partial charge in [-0.25, -0.2) is 0 Å². The van der Waals surface area contributed by atoms with Gasteiger partial charge in [0.15, 0.2) is 0 Å². The van der Waals surface area contributed by atoms with Crippen molar-refractivity contribution in [2.24, 2.45) is 0 Å².